The van der Waals surface area contributed by atoms with Crippen molar-refractivity contribution in [1.82, 2.24) is 5.32 Å². The van der Waals surface area contributed by atoms with Gasteiger partial charge < -0.3 is 10.6 Å². The molecule has 0 aliphatic heterocycles. The summed E-state index contributed by atoms with van der Waals surface area (Å²) in [6, 6.07) is 5.64. The van der Waals surface area contributed by atoms with E-state index in [9.17, 15) is 4.79 Å². The highest BCUT2D eigenvalue weighted by Gasteiger charge is 2.04. The van der Waals surface area contributed by atoms with E-state index in [1.807, 2.05) is 32.0 Å². The lowest BCUT2D eigenvalue weighted by molar-refractivity contribution is 0.0963. The number of aryl methyl sites for hydroxylation is 1. The van der Waals surface area contributed by atoms with Gasteiger partial charge >= 0.3 is 0 Å². The monoisotopic (exact) mass is 192 g/mol. The van der Waals surface area contributed by atoms with Crippen LogP contribution in [-0.2, 0) is 0 Å². The number of rotatable bonds is 3. The molecule has 0 saturated carbocycles. The molecule has 2 N–H and O–H groups in total. The Hall–Kier alpha value is -1.51. The third-order valence-electron chi connectivity index (χ3n) is 2.08. The standard InChI is InChI=1S/C11H16N2O/c1-4-13-10-6-5-9(7-8(10)2)11(14)12-3/h5-7,13H,4H2,1-3H3,(H,12,14). The summed E-state index contributed by atoms with van der Waals surface area (Å²) in [7, 11) is 1.63. The van der Waals surface area contributed by atoms with Crippen LogP contribution in [0.15, 0.2) is 18.2 Å². The molecule has 14 heavy (non-hydrogen) atoms. The first-order valence-corrected chi connectivity index (χ1v) is 4.75. The molecule has 1 amide bonds. The number of anilines is 1. The molecular formula is C11H16N2O. The van der Waals surface area contributed by atoms with Crippen LogP contribution in [0.1, 0.15) is 22.8 Å². The van der Waals surface area contributed by atoms with Crippen LogP contribution >= 0.6 is 0 Å². The summed E-state index contributed by atoms with van der Waals surface area (Å²) in [5, 5.41) is 5.83. The summed E-state index contributed by atoms with van der Waals surface area (Å²) < 4.78 is 0. The third-order valence-corrected chi connectivity index (χ3v) is 2.08. The molecule has 0 heterocycles. The molecule has 0 unspecified atom stereocenters. The van der Waals surface area contributed by atoms with Gasteiger partial charge in [0.05, 0.1) is 0 Å². The fraction of sp³-hybridized carbons (Fsp3) is 0.364. The summed E-state index contributed by atoms with van der Waals surface area (Å²) in [6.45, 7) is 4.93. The quantitative estimate of drug-likeness (QED) is 0.766. The Morgan fingerprint density at radius 3 is 2.64 bits per heavy atom. The minimum absolute atomic E-state index is 0.0452. The molecule has 1 aromatic carbocycles. The van der Waals surface area contributed by atoms with E-state index < -0.39 is 0 Å². The van der Waals surface area contributed by atoms with Gasteiger partial charge in [0.15, 0.2) is 0 Å². The van der Waals surface area contributed by atoms with E-state index in [2.05, 4.69) is 10.6 Å². The minimum Gasteiger partial charge on any atom is -0.385 e. The van der Waals surface area contributed by atoms with Crippen molar-refractivity contribution < 1.29 is 4.79 Å². The smallest absolute Gasteiger partial charge is 0.251 e. The molecule has 3 nitrogen and oxygen atoms in total. The SMILES string of the molecule is CCNc1ccc(C(=O)NC)cc1C. The molecule has 0 fully saturated rings. The van der Waals surface area contributed by atoms with E-state index in [4.69, 9.17) is 0 Å². The van der Waals surface area contributed by atoms with Crippen LogP contribution in [-0.4, -0.2) is 19.5 Å². The van der Waals surface area contributed by atoms with Gasteiger partial charge in [-0.15, -0.1) is 0 Å². The van der Waals surface area contributed by atoms with Crippen LogP contribution < -0.4 is 10.6 Å². The zero-order valence-electron chi connectivity index (χ0n) is 8.85. The van der Waals surface area contributed by atoms with Crippen molar-refractivity contribution >= 4 is 11.6 Å². The molecule has 0 saturated heterocycles. The van der Waals surface area contributed by atoms with Gasteiger partial charge in [0, 0.05) is 24.8 Å². The average Bonchev–Trinajstić information content (AvgIpc) is 2.20. The Morgan fingerprint density at radius 1 is 1.43 bits per heavy atom. The van der Waals surface area contributed by atoms with E-state index in [-0.39, 0.29) is 5.91 Å². The maximum Gasteiger partial charge on any atom is 0.251 e. The van der Waals surface area contributed by atoms with Crippen molar-refractivity contribution in [3.63, 3.8) is 0 Å². The van der Waals surface area contributed by atoms with Crippen LogP contribution in [0, 0.1) is 6.92 Å². The van der Waals surface area contributed by atoms with Crippen molar-refractivity contribution in [3.8, 4) is 0 Å². The molecule has 3 heteroatoms. The third kappa shape index (κ3) is 2.25. The van der Waals surface area contributed by atoms with E-state index in [1.165, 1.54) is 0 Å². The first kappa shape index (κ1) is 10.6. The number of hydrogen-bond donors (Lipinski definition) is 2. The number of hydrogen-bond acceptors (Lipinski definition) is 2. The molecule has 1 rings (SSSR count). The van der Waals surface area contributed by atoms with Gasteiger partial charge in [0.1, 0.15) is 0 Å². The first-order chi connectivity index (χ1) is 6.69. The molecule has 0 radical (unpaired) electrons. The highest BCUT2D eigenvalue weighted by atomic mass is 16.1. The van der Waals surface area contributed by atoms with Gasteiger partial charge in [-0.25, -0.2) is 0 Å². The highest BCUT2D eigenvalue weighted by Crippen LogP contribution is 2.15. The Kier molecular flexibility index (Phi) is 3.51. The van der Waals surface area contributed by atoms with Gasteiger partial charge in [-0.05, 0) is 37.6 Å². The normalized spacial score (nSPS) is 9.64. The largest absolute Gasteiger partial charge is 0.385 e. The molecule has 0 atom stereocenters. The summed E-state index contributed by atoms with van der Waals surface area (Å²) in [4.78, 5) is 11.3. The number of carbonyl (C=O) groups is 1. The van der Waals surface area contributed by atoms with Gasteiger partial charge in [-0.2, -0.15) is 0 Å². The Balaban J connectivity index is 2.94. The van der Waals surface area contributed by atoms with Crippen LogP contribution in [0.4, 0.5) is 5.69 Å². The van der Waals surface area contributed by atoms with E-state index in [0.29, 0.717) is 5.56 Å². The van der Waals surface area contributed by atoms with Crippen LogP contribution in [0.25, 0.3) is 0 Å². The van der Waals surface area contributed by atoms with Gasteiger partial charge in [0.2, 0.25) is 0 Å². The molecule has 0 aliphatic carbocycles. The number of benzene rings is 1. The highest BCUT2D eigenvalue weighted by molar-refractivity contribution is 5.94. The lowest BCUT2D eigenvalue weighted by atomic mass is 10.1. The summed E-state index contributed by atoms with van der Waals surface area (Å²) in [5.41, 5.74) is 2.87. The fourth-order valence-electron chi connectivity index (χ4n) is 1.34. The van der Waals surface area contributed by atoms with Crippen molar-refractivity contribution in [2.45, 2.75) is 13.8 Å². The average molecular weight is 192 g/mol. The number of carbonyl (C=O) groups excluding carboxylic acids is 1. The van der Waals surface area contributed by atoms with Crippen molar-refractivity contribution in [2.75, 3.05) is 18.9 Å². The first-order valence-electron chi connectivity index (χ1n) is 4.75. The van der Waals surface area contributed by atoms with Gasteiger partial charge in [-0.1, -0.05) is 0 Å². The Labute approximate surface area is 84.5 Å². The Bertz CT molecular complexity index is 334. The van der Waals surface area contributed by atoms with Crippen molar-refractivity contribution in [3.05, 3.63) is 29.3 Å². The molecule has 0 aliphatic rings. The van der Waals surface area contributed by atoms with E-state index in [1.54, 1.807) is 7.05 Å². The predicted octanol–water partition coefficient (Wildman–Crippen LogP) is 1.79. The number of amides is 1. The second kappa shape index (κ2) is 4.65. The lowest BCUT2D eigenvalue weighted by Gasteiger charge is -2.08. The zero-order valence-corrected chi connectivity index (χ0v) is 8.85. The fourth-order valence-corrected chi connectivity index (χ4v) is 1.34. The van der Waals surface area contributed by atoms with E-state index in [0.717, 1.165) is 17.8 Å². The van der Waals surface area contributed by atoms with Crippen molar-refractivity contribution in [1.29, 1.82) is 0 Å². The van der Waals surface area contributed by atoms with E-state index >= 15 is 0 Å². The van der Waals surface area contributed by atoms with Crippen LogP contribution in [0.2, 0.25) is 0 Å². The summed E-state index contributed by atoms with van der Waals surface area (Å²) in [6.07, 6.45) is 0. The minimum atomic E-state index is -0.0452. The maximum absolute atomic E-state index is 11.3. The van der Waals surface area contributed by atoms with Crippen LogP contribution in [0.3, 0.4) is 0 Å². The topological polar surface area (TPSA) is 41.1 Å². The van der Waals surface area contributed by atoms with Gasteiger partial charge in [0.25, 0.3) is 5.91 Å². The Morgan fingerprint density at radius 2 is 2.14 bits per heavy atom. The second-order valence-electron chi connectivity index (χ2n) is 3.14. The molecular weight excluding hydrogens is 176 g/mol. The second-order valence-corrected chi connectivity index (χ2v) is 3.14. The molecule has 0 spiro atoms. The molecule has 76 valence electrons. The lowest BCUT2D eigenvalue weighted by Crippen LogP contribution is -2.17. The number of nitrogens with one attached hydrogen (secondary N) is 2. The zero-order chi connectivity index (χ0) is 10.6. The predicted molar refractivity (Wildman–Crippen MR) is 58.7 cm³/mol. The molecule has 1 aromatic rings. The van der Waals surface area contributed by atoms with Gasteiger partial charge in [-0.3, -0.25) is 4.79 Å². The van der Waals surface area contributed by atoms with Crippen molar-refractivity contribution in [2.24, 2.45) is 0 Å². The molecule has 0 bridgehead atoms. The maximum atomic E-state index is 11.3. The summed E-state index contributed by atoms with van der Waals surface area (Å²) >= 11 is 0. The van der Waals surface area contributed by atoms with Crippen LogP contribution in [0.5, 0.6) is 0 Å². The summed E-state index contributed by atoms with van der Waals surface area (Å²) in [5.74, 6) is -0.0452. The molecule has 0 aromatic heterocycles.